The van der Waals surface area contributed by atoms with Gasteiger partial charge in [-0.25, -0.2) is 0 Å². The monoisotopic (exact) mass is 261 g/mol. The Morgan fingerprint density at radius 3 is 2.68 bits per heavy atom. The molecule has 0 N–H and O–H groups in total. The van der Waals surface area contributed by atoms with Crippen molar-refractivity contribution in [3.05, 3.63) is 23.3 Å². The fourth-order valence-corrected chi connectivity index (χ4v) is 3.40. The van der Waals surface area contributed by atoms with Gasteiger partial charge in [0.25, 0.3) is 0 Å². The number of hydrogen-bond donors (Lipinski definition) is 0. The van der Waals surface area contributed by atoms with E-state index >= 15 is 0 Å². The number of rotatable bonds is 3. The Bertz CT molecular complexity index is 494. The van der Waals surface area contributed by atoms with Crippen LogP contribution in [0.5, 0.6) is 5.75 Å². The van der Waals surface area contributed by atoms with E-state index in [9.17, 15) is 4.79 Å². The Labute approximate surface area is 115 Å². The van der Waals surface area contributed by atoms with Crippen molar-refractivity contribution in [2.75, 3.05) is 18.6 Å². The second-order valence-corrected chi connectivity index (χ2v) is 5.94. The quantitative estimate of drug-likeness (QED) is 0.778. The van der Waals surface area contributed by atoms with Crippen molar-refractivity contribution in [2.45, 2.75) is 45.6 Å². The van der Waals surface area contributed by atoms with Gasteiger partial charge in [0.2, 0.25) is 0 Å². The van der Waals surface area contributed by atoms with Crippen LogP contribution in [0.4, 0.5) is 5.69 Å². The number of fused-ring (bicyclic) bond motifs is 1. The first kappa shape index (κ1) is 13.9. The summed E-state index contributed by atoms with van der Waals surface area (Å²) in [7, 11) is 1.67. The third kappa shape index (κ3) is 2.22. The molecule has 1 atom stereocenters. The van der Waals surface area contributed by atoms with Gasteiger partial charge in [-0.15, -0.1) is 0 Å². The highest BCUT2D eigenvalue weighted by molar-refractivity contribution is 5.81. The molecule has 1 aromatic carbocycles. The van der Waals surface area contributed by atoms with Crippen LogP contribution >= 0.6 is 0 Å². The van der Waals surface area contributed by atoms with Gasteiger partial charge in [-0.05, 0) is 50.8 Å². The summed E-state index contributed by atoms with van der Waals surface area (Å²) in [4.78, 5) is 13.5. The van der Waals surface area contributed by atoms with Crippen LogP contribution in [0.25, 0.3) is 0 Å². The molecule has 1 aliphatic rings. The van der Waals surface area contributed by atoms with E-state index in [1.54, 1.807) is 7.11 Å². The van der Waals surface area contributed by atoms with Gasteiger partial charge >= 0.3 is 0 Å². The van der Waals surface area contributed by atoms with Crippen molar-refractivity contribution >= 4 is 12.0 Å². The molecule has 0 bridgehead atoms. The average molecular weight is 261 g/mol. The minimum Gasteiger partial charge on any atom is -0.495 e. The van der Waals surface area contributed by atoms with Crippen molar-refractivity contribution in [3.63, 3.8) is 0 Å². The minimum absolute atomic E-state index is 0.108. The topological polar surface area (TPSA) is 29.5 Å². The first-order valence-corrected chi connectivity index (χ1v) is 6.89. The second kappa shape index (κ2) is 4.87. The molecule has 0 aliphatic carbocycles. The van der Waals surface area contributed by atoms with Crippen LogP contribution in [0.15, 0.2) is 12.1 Å². The normalized spacial score (nSPS) is 20.9. The van der Waals surface area contributed by atoms with Gasteiger partial charge in [0.15, 0.2) is 0 Å². The number of methoxy groups -OCH3 is 1. The highest BCUT2D eigenvalue weighted by Crippen LogP contribution is 2.47. The molecule has 0 saturated heterocycles. The summed E-state index contributed by atoms with van der Waals surface area (Å²) >= 11 is 0. The van der Waals surface area contributed by atoms with E-state index in [1.165, 1.54) is 5.56 Å². The lowest BCUT2D eigenvalue weighted by atomic mass is 9.79. The summed E-state index contributed by atoms with van der Waals surface area (Å²) in [5, 5.41) is 0. The lowest BCUT2D eigenvalue weighted by Gasteiger charge is -2.47. The molecule has 0 radical (unpaired) electrons. The summed E-state index contributed by atoms with van der Waals surface area (Å²) in [6.45, 7) is 9.85. The van der Waals surface area contributed by atoms with Gasteiger partial charge in [0, 0.05) is 17.6 Å². The van der Waals surface area contributed by atoms with Crippen molar-refractivity contribution < 1.29 is 9.53 Å². The van der Waals surface area contributed by atoms with E-state index in [0.29, 0.717) is 11.5 Å². The summed E-state index contributed by atoms with van der Waals surface area (Å²) in [6.07, 6.45) is 1.98. The Morgan fingerprint density at radius 2 is 2.16 bits per heavy atom. The molecule has 1 unspecified atom stereocenters. The number of anilines is 1. The molecule has 3 heteroatoms. The van der Waals surface area contributed by atoms with Crippen LogP contribution in [0, 0.1) is 0 Å². The number of carbonyl (C=O) groups excluding carboxylic acids is 1. The number of nitrogens with zero attached hydrogens (tertiary/aromatic N) is 1. The summed E-state index contributed by atoms with van der Waals surface area (Å²) in [5.41, 5.74) is 3.18. The lowest BCUT2D eigenvalue weighted by Crippen LogP contribution is -2.48. The van der Waals surface area contributed by atoms with Gasteiger partial charge in [-0.3, -0.25) is 4.79 Å². The van der Waals surface area contributed by atoms with Gasteiger partial charge < -0.3 is 9.64 Å². The average Bonchev–Trinajstić information content (AvgIpc) is 2.37. The summed E-state index contributed by atoms with van der Waals surface area (Å²) in [6, 6.07) is 3.84. The largest absolute Gasteiger partial charge is 0.495 e. The summed E-state index contributed by atoms with van der Waals surface area (Å²) < 4.78 is 5.53. The number of ether oxygens (including phenoxy) is 1. The molecule has 1 heterocycles. The van der Waals surface area contributed by atoms with E-state index in [0.717, 1.165) is 30.7 Å². The van der Waals surface area contributed by atoms with E-state index in [2.05, 4.69) is 32.6 Å². The van der Waals surface area contributed by atoms with E-state index < -0.39 is 0 Å². The highest BCUT2D eigenvalue weighted by Gasteiger charge is 2.37. The van der Waals surface area contributed by atoms with Crippen molar-refractivity contribution in [3.8, 4) is 5.75 Å². The molecule has 104 valence electrons. The Balaban J connectivity index is 2.69. The smallest absolute Gasteiger partial charge is 0.150 e. The zero-order valence-corrected chi connectivity index (χ0v) is 12.5. The standard InChI is InChI=1S/C16H23NO2/c1-6-17-15-13(11(2)9-16(17,3)4)7-12(10-18)8-14(15)19-5/h7-8,10-11H,6,9H2,1-5H3. The van der Waals surface area contributed by atoms with Crippen LogP contribution in [-0.4, -0.2) is 25.5 Å². The molecule has 0 saturated carbocycles. The predicted molar refractivity (Wildman–Crippen MR) is 78.5 cm³/mol. The van der Waals surface area contributed by atoms with E-state index in [4.69, 9.17) is 4.74 Å². The van der Waals surface area contributed by atoms with E-state index in [1.807, 2.05) is 12.1 Å². The Morgan fingerprint density at radius 1 is 1.47 bits per heavy atom. The zero-order valence-electron chi connectivity index (χ0n) is 12.5. The van der Waals surface area contributed by atoms with Crippen LogP contribution in [0.1, 0.15) is 56.0 Å². The highest BCUT2D eigenvalue weighted by atomic mass is 16.5. The molecular weight excluding hydrogens is 238 g/mol. The number of carbonyl (C=O) groups is 1. The number of aldehydes is 1. The van der Waals surface area contributed by atoms with Gasteiger partial charge in [-0.2, -0.15) is 0 Å². The van der Waals surface area contributed by atoms with Gasteiger partial charge in [0.1, 0.15) is 12.0 Å². The SMILES string of the molecule is CCN1c2c(OC)cc(C=O)cc2C(C)CC1(C)C. The Hall–Kier alpha value is -1.51. The zero-order chi connectivity index (χ0) is 14.2. The molecule has 2 rings (SSSR count). The molecule has 3 nitrogen and oxygen atoms in total. The van der Waals surface area contributed by atoms with Gasteiger partial charge in [0.05, 0.1) is 12.8 Å². The second-order valence-electron chi connectivity index (χ2n) is 5.94. The van der Waals surface area contributed by atoms with Crippen molar-refractivity contribution in [1.29, 1.82) is 0 Å². The Kier molecular flexibility index (Phi) is 3.57. The minimum atomic E-state index is 0.108. The molecule has 0 fully saturated rings. The molecule has 1 aromatic rings. The molecule has 0 aromatic heterocycles. The fraction of sp³-hybridized carbons (Fsp3) is 0.562. The first-order chi connectivity index (χ1) is 8.94. The predicted octanol–water partition coefficient (Wildman–Crippen LogP) is 3.62. The maximum Gasteiger partial charge on any atom is 0.150 e. The maximum absolute atomic E-state index is 11.1. The fourth-order valence-electron chi connectivity index (χ4n) is 3.40. The third-order valence-electron chi connectivity index (χ3n) is 4.14. The van der Waals surface area contributed by atoms with Crippen LogP contribution in [0.2, 0.25) is 0 Å². The maximum atomic E-state index is 11.1. The van der Waals surface area contributed by atoms with Crippen LogP contribution < -0.4 is 9.64 Å². The van der Waals surface area contributed by atoms with Gasteiger partial charge in [-0.1, -0.05) is 6.92 Å². The first-order valence-electron chi connectivity index (χ1n) is 6.89. The van der Waals surface area contributed by atoms with Crippen molar-refractivity contribution in [2.24, 2.45) is 0 Å². The summed E-state index contributed by atoms with van der Waals surface area (Å²) in [5.74, 6) is 1.24. The van der Waals surface area contributed by atoms with Crippen LogP contribution in [-0.2, 0) is 0 Å². The lowest BCUT2D eigenvalue weighted by molar-refractivity contribution is 0.112. The van der Waals surface area contributed by atoms with Crippen LogP contribution in [0.3, 0.4) is 0 Å². The number of hydrogen-bond acceptors (Lipinski definition) is 3. The molecule has 1 aliphatic heterocycles. The molecule has 0 spiro atoms. The number of benzene rings is 1. The van der Waals surface area contributed by atoms with Crippen molar-refractivity contribution in [1.82, 2.24) is 0 Å². The van der Waals surface area contributed by atoms with E-state index in [-0.39, 0.29) is 5.54 Å². The molecule has 19 heavy (non-hydrogen) atoms. The molecular formula is C16H23NO2. The third-order valence-corrected chi connectivity index (χ3v) is 4.14. The molecule has 0 amide bonds.